The van der Waals surface area contributed by atoms with Crippen LogP contribution in [0.1, 0.15) is 21.9 Å². The zero-order chi connectivity index (χ0) is 18.8. The zero-order valence-corrected chi connectivity index (χ0v) is 15.1. The minimum absolute atomic E-state index is 0.226. The summed E-state index contributed by atoms with van der Waals surface area (Å²) in [7, 11) is 0. The summed E-state index contributed by atoms with van der Waals surface area (Å²) in [5.74, 6) is 0.844. The molecule has 7 nitrogen and oxygen atoms in total. The monoisotopic (exact) mass is 382 g/mol. The molecular weight excluding hydrogens is 368 g/mol. The van der Waals surface area contributed by atoms with E-state index in [2.05, 4.69) is 15.6 Å². The number of rotatable bonds is 5. The number of carbonyl (C=O) groups is 1. The Kier molecular flexibility index (Phi) is 4.52. The molecular formula is C19H15ClN4O3. The molecule has 0 fully saturated rings. The first kappa shape index (κ1) is 17.1. The highest BCUT2D eigenvalue weighted by atomic mass is 35.5. The molecule has 0 atom stereocenters. The van der Waals surface area contributed by atoms with Gasteiger partial charge in [0.2, 0.25) is 0 Å². The van der Waals surface area contributed by atoms with E-state index >= 15 is 0 Å². The second-order valence-corrected chi connectivity index (χ2v) is 6.33. The van der Waals surface area contributed by atoms with Crippen molar-refractivity contribution in [3.63, 3.8) is 0 Å². The second-order valence-electron chi connectivity index (χ2n) is 5.90. The van der Waals surface area contributed by atoms with Crippen molar-refractivity contribution >= 4 is 17.5 Å². The van der Waals surface area contributed by atoms with Gasteiger partial charge in [-0.25, -0.2) is 4.68 Å². The van der Waals surface area contributed by atoms with Gasteiger partial charge in [0, 0.05) is 17.2 Å². The lowest BCUT2D eigenvalue weighted by Crippen LogP contribution is -2.23. The van der Waals surface area contributed by atoms with Crippen molar-refractivity contribution in [2.75, 3.05) is 0 Å². The van der Waals surface area contributed by atoms with E-state index in [-0.39, 0.29) is 18.1 Å². The lowest BCUT2D eigenvalue weighted by molar-refractivity contribution is 0.0941. The van der Waals surface area contributed by atoms with Gasteiger partial charge in [-0.15, -0.1) is 0 Å². The van der Waals surface area contributed by atoms with E-state index in [0.717, 1.165) is 11.4 Å². The first-order valence-electron chi connectivity index (χ1n) is 8.20. The maximum atomic E-state index is 12.5. The van der Waals surface area contributed by atoms with Crippen LogP contribution < -0.4 is 5.32 Å². The molecule has 0 bridgehead atoms. The number of benzene rings is 1. The third kappa shape index (κ3) is 3.63. The van der Waals surface area contributed by atoms with Gasteiger partial charge in [-0.1, -0.05) is 16.8 Å². The van der Waals surface area contributed by atoms with Crippen LogP contribution in [-0.4, -0.2) is 20.8 Å². The number of nitrogens with one attached hydrogen (secondary N) is 1. The Morgan fingerprint density at radius 1 is 1.22 bits per heavy atom. The van der Waals surface area contributed by atoms with Crippen LogP contribution in [0.15, 0.2) is 63.7 Å². The molecule has 1 amide bonds. The number of aryl methyl sites for hydroxylation is 1. The van der Waals surface area contributed by atoms with Crippen LogP contribution >= 0.6 is 11.6 Å². The van der Waals surface area contributed by atoms with Crippen LogP contribution in [0.2, 0.25) is 5.02 Å². The predicted octanol–water partition coefficient (Wildman–Crippen LogP) is 4.01. The summed E-state index contributed by atoms with van der Waals surface area (Å²) in [6.45, 7) is 2.04. The van der Waals surface area contributed by atoms with Gasteiger partial charge < -0.3 is 14.3 Å². The van der Waals surface area contributed by atoms with Crippen molar-refractivity contribution < 1.29 is 13.7 Å². The number of hydrogen-bond acceptors (Lipinski definition) is 5. The van der Waals surface area contributed by atoms with Crippen molar-refractivity contribution in [1.29, 1.82) is 0 Å². The molecule has 0 radical (unpaired) electrons. The second kappa shape index (κ2) is 7.13. The third-order valence-electron chi connectivity index (χ3n) is 3.89. The molecule has 0 saturated carbocycles. The average Bonchev–Trinajstić information content (AvgIpc) is 3.40. The molecule has 4 rings (SSSR count). The van der Waals surface area contributed by atoms with E-state index in [9.17, 15) is 4.79 Å². The maximum Gasteiger partial charge on any atom is 0.272 e. The number of aromatic nitrogens is 3. The zero-order valence-electron chi connectivity index (χ0n) is 14.3. The molecule has 3 heterocycles. The Morgan fingerprint density at radius 2 is 2.04 bits per heavy atom. The molecule has 3 aromatic heterocycles. The molecule has 1 N–H and O–H groups in total. The topological polar surface area (TPSA) is 86.1 Å². The van der Waals surface area contributed by atoms with Crippen molar-refractivity contribution in [1.82, 2.24) is 20.3 Å². The van der Waals surface area contributed by atoms with Gasteiger partial charge in [0.15, 0.2) is 17.2 Å². The molecule has 27 heavy (non-hydrogen) atoms. The standard InChI is InChI=1S/C19H15ClN4O3/c1-12-9-15(27-23-12)11-21-19(25)16-10-17(18-3-2-8-26-18)24(22-16)14-6-4-13(20)5-7-14/h2-10H,11H2,1H3,(H,21,25). The SMILES string of the molecule is Cc1cc(CNC(=O)c2cc(-c3ccco3)n(-c3ccc(Cl)cc3)n2)on1. The smallest absolute Gasteiger partial charge is 0.272 e. The fourth-order valence-corrected chi connectivity index (χ4v) is 2.75. The maximum absolute atomic E-state index is 12.5. The van der Waals surface area contributed by atoms with E-state index in [1.807, 2.05) is 25.1 Å². The first-order chi connectivity index (χ1) is 13.1. The van der Waals surface area contributed by atoms with Crippen molar-refractivity contribution in [3.8, 4) is 17.1 Å². The highest BCUT2D eigenvalue weighted by Gasteiger charge is 2.18. The van der Waals surface area contributed by atoms with Gasteiger partial charge in [-0.3, -0.25) is 4.79 Å². The van der Waals surface area contributed by atoms with Gasteiger partial charge in [0.25, 0.3) is 5.91 Å². The van der Waals surface area contributed by atoms with Gasteiger partial charge >= 0.3 is 0 Å². The van der Waals surface area contributed by atoms with Gasteiger partial charge in [0.05, 0.1) is 24.2 Å². The van der Waals surface area contributed by atoms with E-state index < -0.39 is 0 Å². The van der Waals surface area contributed by atoms with Gasteiger partial charge in [0.1, 0.15) is 5.69 Å². The Balaban J connectivity index is 1.64. The summed E-state index contributed by atoms with van der Waals surface area (Å²) in [5, 5.41) is 11.6. The summed E-state index contributed by atoms with van der Waals surface area (Å²) >= 11 is 5.97. The van der Waals surface area contributed by atoms with Crippen LogP contribution in [0, 0.1) is 6.92 Å². The summed E-state index contributed by atoms with van der Waals surface area (Å²) in [6, 6.07) is 14.2. The quantitative estimate of drug-likeness (QED) is 0.563. The number of furan rings is 1. The fraction of sp³-hybridized carbons (Fsp3) is 0.105. The number of amides is 1. The summed E-state index contributed by atoms with van der Waals surface area (Å²) < 4.78 is 12.2. The Bertz CT molecular complexity index is 1070. The number of halogens is 1. The van der Waals surface area contributed by atoms with Crippen molar-refractivity contribution in [2.24, 2.45) is 0 Å². The minimum atomic E-state index is -0.329. The summed E-state index contributed by atoms with van der Waals surface area (Å²) in [4.78, 5) is 12.5. The van der Waals surface area contributed by atoms with Crippen LogP contribution in [0.4, 0.5) is 0 Å². The Morgan fingerprint density at radius 3 is 2.70 bits per heavy atom. The van der Waals surface area contributed by atoms with E-state index in [4.69, 9.17) is 20.5 Å². The molecule has 4 aromatic rings. The number of hydrogen-bond donors (Lipinski definition) is 1. The molecule has 1 aromatic carbocycles. The van der Waals surface area contributed by atoms with Crippen LogP contribution in [0.3, 0.4) is 0 Å². The molecule has 0 aliphatic rings. The number of nitrogens with zero attached hydrogens (tertiary/aromatic N) is 3. The van der Waals surface area contributed by atoms with E-state index in [1.54, 1.807) is 41.3 Å². The number of carbonyl (C=O) groups excluding carboxylic acids is 1. The summed E-state index contributed by atoms with van der Waals surface area (Å²) in [5.41, 5.74) is 2.43. The van der Waals surface area contributed by atoms with E-state index in [1.165, 1.54) is 0 Å². The lowest BCUT2D eigenvalue weighted by Gasteiger charge is -2.05. The molecule has 0 aliphatic heterocycles. The molecule has 136 valence electrons. The van der Waals surface area contributed by atoms with Crippen molar-refractivity contribution in [3.05, 3.63) is 77.0 Å². The normalized spacial score (nSPS) is 10.9. The van der Waals surface area contributed by atoms with Crippen LogP contribution in [0.25, 0.3) is 17.1 Å². The molecule has 0 saturated heterocycles. The molecule has 0 unspecified atom stereocenters. The first-order valence-corrected chi connectivity index (χ1v) is 8.58. The fourth-order valence-electron chi connectivity index (χ4n) is 2.63. The minimum Gasteiger partial charge on any atom is -0.463 e. The predicted molar refractivity (Wildman–Crippen MR) is 98.7 cm³/mol. The molecule has 8 heteroatoms. The molecule has 0 spiro atoms. The molecule has 0 aliphatic carbocycles. The van der Waals surface area contributed by atoms with Crippen LogP contribution in [-0.2, 0) is 6.54 Å². The lowest BCUT2D eigenvalue weighted by atomic mass is 10.2. The largest absolute Gasteiger partial charge is 0.463 e. The van der Waals surface area contributed by atoms with Gasteiger partial charge in [-0.05, 0) is 43.3 Å². The Labute approximate surface area is 159 Å². The summed E-state index contributed by atoms with van der Waals surface area (Å²) in [6.07, 6.45) is 1.57. The highest BCUT2D eigenvalue weighted by molar-refractivity contribution is 6.30. The third-order valence-corrected chi connectivity index (χ3v) is 4.14. The van der Waals surface area contributed by atoms with Crippen molar-refractivity contribution in [2.45, 2.75) is 13.5 Å². The van der Waals surface area contributed by atoms with Gasteiger partial charge in [-0.2, -0.15) is 5.10 Å². The Hall–Kier alpha value is -3.32. The highest BCUT2D eigenvalue weighted by Crippen LogP contribution is 2.25. The van der Waals surface area contributed by atoms with Crippen LogP contribution in [0.5, 0.6) is 0 Å². The van der Waals surface area contributed by atoms with E-state index in [0.29, 0.717) is 22.2 Å². The average molecular weight is 383 g/mol.